The van der Waals surface area contributed by atoms with E-state index in [9.17, 15) is 14.9 Å². The van der Waals surface area contributed by atoms with E-state index in [0.29, 0.717) is 11.6 Å². The molecular formula is C39H49N9O3. The predicted octanol–water partition coefficient (Wildman–Crippen LogP) is 6.61. The maximum Gasteiger partial charge on any atom is 0.410 e. The molecule has 12 heteroatoms. The Morgan fingerprint density at radius 1 is 0.980 bits per heavy atom. The smallest absolute Gasteiger partial charge is 0.410 e. The average molecular weight is 692 g/mol. The Bertz CT molecular complexity index is 1960. The second kappa shape index (κ2) is 13.0. The van der Waals surface area contributed by atoms with Crippen LogP contribution in [0.2, 0.25) is 0 Å². The number of fused-ring (bicyclic) bond motifs is 1. The first-order chi connectivity index (χ1) is 24.2. The van der Waals surface area contributed by atoms with Crippen molar-refractivity contribution in [2.45, 2.75) is 97.8 Å². The summed E-state index contributed by atoms with van der Waals surface area (Å²) in [5.41, 5.74) is 4.28. The molecule has 2 saturated heterocycles. The summed E-state index contributed by atoms with van der Waals surface area (Å²) in [4.78, 5) is 34.3. The van der Waals surface area contributed by atoms with Crippen molar-refractivity contribution in [3.05, 3.63) is 54.7 Å². The van der Waals surface area contributed by atoms with Gasteiger partial charge in [-0.25, -0.2) is 14.3 Å². The van der Waals surface area contributed by atoms with Crippen LogP contribution < -0.4 is 10.2 Å². The maximum absolute atomic E-state index is 12.8. The van der Waals surface area contributed by atoms with Gasteiger partial charge in [-0.05, 0) is 91.3 Å². The molecule has 0 radical (unpaired) electrons. The molecule has 0 bridgehead atoms. The van der Waals surface area contributed by atoms with Crippen molar-refractivity contribution in [1.29, 1.82) is 5.26 Å². The van der Waals surface area contributed by atoms with Crippen LogP contribution in [0.5, 0.6) is 0 Å². The molecule has 2 aliphatic heterocycles. The quantitative estimate of drug-likeness (QED) is 0.239. The van der Waals surface area contributed by atoms with E-state index in [4.69, 9.17) is 14.8 Å². The molecular weight excluding hydrogens is 642 g/mol. The normalized spacial score (nSPS) is 18.9. The number of nitrogens with zero attached hydrogens (tertiary/aromatic N) is 8. The molecule has 0 unspecified atom stereocenters. The number of anilines is 1. The topological polar surface area (TPSA) is 134 Å². The fourth-order valence-corrected chi connectivity index (χ4v) is 7.91. The molecule has 0 atom stereocenters. The van der Waals surface area contributed by atoms with Gasteiger partial charge in [0.05, 0.1) is 29.5 Å². The van der Waals surface area contributed by atoms with Crippen LogP contribution in [0.25, 0.3) is 27.8 Å². The van der Waals surface area contributed by atoms with Crippen LogP contribution >= 0.6 is 0 Å². The van der Waals surface area contributed by atoms with Crippen molar-refractivity contribution in [3.8, 4) is 28.3 Å². The first-order valence-electron chi connectivity index (χ1n) is 18.2. The van der Waals surface area contributed by atoms with E-state index < -0.39 is 5.60 Å². The molecule has 1 spiro atoms. The van der Waals surface area contributed by atoms with Gasteiger partial charge in [-0.1, -0.05) is 6.92 Å². The van der Waals surface area contributed by atoms with Gasteiger partial charge in [0.25, 0.3) is 0 Å². The number of nitrogens with one attached hydrogen (secondary N) is 1. The lowest BCUT2D eigenvalue weighted by atomic mass is 9.67. The molecule has 4 aromatic heterocycles. The lowest BCUT2D eigenvalue weighted by Gasteiger charge is -2.53. The molecule has 1 saturated carbocycles. The highest BCUT2D eigenvalue weighted by Crippen LogP contribution is 2.47. The van der Waals surface area contributed by atoms with E-state index in [0.717, 1.165) is 98.3 Å². The number of amides is 2. The second-order valence-electron chi connectivity index (χ2n) is 16.5. The number of rotatable bonds is 6. The van der Waals surface area contributed by atoms with Gasteiger partial charge >= 0.3 is 6.09 Å². The highest BCUT2D eigenvalue weighted by molar-refractivity contribution is 5.87. The van der Waals surface area contributed by atoms with Crippen molar-refractivity contribution < 1.29 is 14.3 Å². The number of likely N-dealkylation sites (tertiary alicyclic amines) is 1. The number of carbonyl (C=O) groups excluding carboxylic acids is 2. The predicted molar refractivity (Wildman–Crippen MR) is 195 cm³/mol. The van der Waals surface area contributed by atoms with E-state index in [1.807, 2.05) is 64.2 Å². The number of hydrogen-bond donors (Lipinski definition) is 1. The van der Waals surface area contributed by atoms with E-state index >= 15 is 0 Å². The lowest BCUT2D eigenvalue weighted by molar-refractivity contribution is -0.131. The summed E-state index contributed by atoms with van der Waals surface area (Å²) >= 11 is 0. The van der Waals surface area contributed by atoms with Gasteiger partial charge in [0, 0.05) is 83.9 Å². The van der Waals surface area contributed by atoms with Gasteiger partial charge in [0.1, 0.15) is 17.5 Å². The summed E-state index contributed by atoms with van der Waals surface area (Å²) < 4.78 is 9.44. The van der Waals surface area contributed by atoms with Crippen LogP contribution in [0.1, 0.15) is 91.7 Å². The molecule has 3 fully saturated rings. The van der Waals surface area contributed by atoms with Crippen LogP contribution in [-0.4, -0.2) is 79.1 Å². The standard InChI is InChI=1S/C39H49N9O3/c1-26(2)44-35(49)38(6)13-15-45(16-14-38)33-8-7-27(19-41-33)32-17-28(22-48-34(32)29(18-40)20-43-48)30-21-42-47(23-30)31-9-11-39(12-10-31)24-46(25-39)36(50)51-37(3,4)5/h7-8,17,19-23,26,31H,9-16,24-25H2,1-6H3,(H,44,49). The highest BCUT2D eigenvalue weighted by Gasteiger charge is 2.48. The van der Waals surface area contributed by atoms with Gasteiger partial charge in [-0.2, -0.15) is 15.5 Å². The molecule has 2 amide bonds. The zero-order chi connectivity index (χ0) is 36.1. The minimum Gasteiger partial charge on any atom is -0.444 e. The molecule has 4 aromatic rings. The number of aromatic nitrogens is 5. The summed E-state index contributed by atoms with van der Waals surface area (Å²) in [6.07, 6.45) is 14.9. The number of carbonyl (C=O) groups is 2. The SMILES string of the molecule is CC(C)NC(=O)C1(C)CCN(c2ccc(-c3cc(-c4cnn(C5CCC6(CC5)CN(C(=O)OC(C)(C)C)C6)c4)cn4ncc(C#N)c34)cn2)CC1. The number of nitriles is 1. The Labute approximate surface area is 299 Å². The second-order valence-corrected chi connectivity index (χ2v) is 16.5. The van der Waals surface area contributed by atoms with Gasteiger partial charge in [-0.3, -0.25) is 9.48 Å². The maximum atomic E-state index is 12.8. The summed E-state index contributed by atoms with van der Waals surface area (Å²) in [5.74, 6) is 0.999. The first kappa shape index (κ1) is 34.5. The molecule has 268 valence electrons. The zero-order valence-electron chi connectivity index (χ0n) is 30.6. The number of ether oxygens (including phenoxy) is 1. The van der Waals surface area contributed by atoms with Gasteiger partial charge in [-0.15, -0.1) is 0 Å². The Hall–Kier alpha value is -4.92. The molecule has 7 rings (SSSR count). The van der Waals surface area contributed by atoms with Crippen LogP contribution in [-0.2, 0) is 9.53 Å². The number of hydrogen-bond acceptors (Lipinski definition) is 8. The molecule has 51 heavy (non-hydrogen) atoms. The fraction of sp³-hybridized carbons (Fsp3) is 0.538. The van der Waals surface area contributed by atoms with Crippen molar-refractivity contribution in [1.82, 2.24) is 34.6 Å². The van der Waals surface area contributed by atoms with Crippen LogP contribution in [0, 0.1) is 22.2 Å². The first-order valence-corrected chi connectivity index (χ1v) is 18.2. The minimum atomic E-state index is -0.483. The minimum absolute atomic E-state index is 0.123. The van der Waals surface area contributed by atoms with Crippen LogP contribution in [0.15, 0.2) is 49.2 Å². The summed E-state index contributed by atoms with van der Waals surface area (Å²) in [7, 11) is 0. The van der Waals surface area contributed by atoms with Gasteiger partial charge < -0.3 is 19.9 Å². The van der Waals surface area contributed by atoms with E-state index in [1.165, 1.54) is 0 Å². The van der Waals surface area contributed by atoms with E-state index in [2.05, 4.69) is 51.3 Å². The molecule has 1 N–H and O–H groups in total. The summed E-state index contributed by atoms with van der Waals surface area (Å²) in [5, 5.41) is 22.3. The highest BCUT2D eigenvalue weighted by atomic mass is 16.6. The molecule has 12 nitrogen and oxygen atoms in total. The largest absolute Gasteiger partial charge is 0.444 e. The van der Waals surface area contributed by atoms with E-state index in [-0.39, 0.29) is 28.9 Å². The number of pyridine rings is 2. The van der Waals surface area contributed by atoms with Crippen molar-refractivity contribution in [3.63, 3.8) is 0 Å². The molecule has 6 heterocycles. The lowest BCUT2D eigenvalue weighted by Crippen LogP contribution is -2.60. The van der Waals surface area contributed by atoms with E-state index in [1.54, 1.807) is 10.7 Å². The Balaban J connectivity index is 1.05. The molecule has 0 aromatic carbocycles. The molecule has 3 aliphatic rings. The van der Waals surface area contributed by atoms with Crippen molar-refractivity contribution >= 4 is 23.3 Å². The fourth-order valence-electron chi connectivity index (χ4n) is 7.91. The summed E-state index contributed by atoms with van der Waals surface area (Å²) in [6, 6.07) is 8.91. The number of piperidine rings is 1. The van der Waals surface area contributed by atoms with Gasteiger partial charge in [0.2, 0.25) is 5.91 Å². The van der Waals surface area contributed by atoms with Crippen LogP contribution in [0.4, 0.5) is 10.6 Å². The third-order valence-corrected chi connectivity index (χ3v) is 11.0. The third-order valence-electron chi connectivity index (χ3n) is 11.0. The zero-order valence-corrected chi connectivity index (χ0v) is 30.6. The summed E-state index contributed by atoms with van der Waals surface area (Å²) in [6.45, 7) is 14.8. The van der Waals surface area contributed by atoms with Gasteiger partial charge in [0.15, 0.2) is 0 Å². The van der Waals surface area contributed by atoms with Crippen LogP contribution in [0.3, 0.4) is 0 Å². The van der Waals surface area contributed by atoms with Crippen molar-refractivity contribution in [2.24, 2.45) is 10.8 Å². The Morgan fingerprint density at radius 3 is 2.33 bits per heavy atom. The molecule has 1 aliphatic carbocycles. The monoisotopic (exact) mass is 691 g/mol. The van der Waals surface area contributed by atoms with Crippen molar-refractivity contribution in [2.75, 3.05) is 31.1 Å². The average Bonchev–Trinajstić information content (AvgIpc) is 3.74. The Morgan fingerprint density at radius 2 is 1.71 bits per heavy atom. The Kier molecular flexibility index (Phi) is 8.80. The third kappa shape index (κ3) is 6.90.